The number of ether oxygens (including phenoxy) is 1. The molecule has 0 amide bonds. The van der Waals surface area contributed by atoms with Crippen LogP contribution in [0.4, 0.5) is 0 Å². The van der Waals surface area contributed by atoms with Gasteiger partial charge in [0.2, 0.25) is 0 Å². The van der Waals surface area contributed by atoms with Crippen LogP contribution in [0.1, 0.15) is 31.2 Å². The van der Waals surface area contributed by atoms with Crippen LogP contribution in [0.2, 0.25) is 0 Å². The van der Waals surface area contributed by atoms with E-state index in [1.54, 1.807) is 0 Å². The fraction of sp³-hybridized carbons (Fsp3) is 0.600. The van der Waals surface area contributed by atoms with Gasteiger partial charge in [0.25, 0.3) is 0 Å². The molecule has 0 bridgehead atoms. The van der Waals surface area contributed by atoms with E-state index in [0.29, 0.717) is 13.0 Å². The van der Waals surface area contributed by atoms with Crippen LogP contribution in [-0.4, -0.2) is 35.1 Å². The van der Waals surface area contributed by atoms with Gasteiger partial charge in [-0.15, -0.1) is 0 Å². The predicted molar refractivity (Wildman–Crippen MR) is 74.1 cm³/mol. The minimum Gasteiger partial charge on any atom is -0.491 e. The molecule has 0 heterocycles. The summed E-state index contributed by atoms with van der Waals surface area (Å²) in [6.07, 6.45) is 3.79. The molecular formula is C15H23NO3. The minimum atomic E-state index is -0.660. The van der Waals surface area contributed by atoms with Crippen LogP contribution in [0.15, 0.2) is 24.3 Å². The monoisotopic (exact) mass is 265 g/mol. The highest BCUT2D eigenvalue weighted by Crippen LogP contribution is 2.30. The number of nitrogens with two attached hydrogens (primary N) is 1. The summed E-state index contributed by atoms with van der Waals surface area (Å²) in [5.41, 5.74) is 5.74. The largest absolute Gasteiger partial charge is 0.491 e. The van der Waals surface area contributed by atoms with Crippen LogP contribution in [0.5, 0.6) is 5.75 Å². The van der Waals surface area contributed by atoms with Crippen molar-refractivity contribution in [1.82, 2.24) is 0 Å². The molecule has 2 rings (SSSR count). The van der Waals surface area contributed by atoms with Crippen molar-refractivity contribution in [2.75, 3.05) is 13.2 Å². The van der Waals surface area contributed by atoms with Crippen molar-refractivity contribution >= 4 is 0 Å². The Morgan fingerprint density at radius 1 is 1.32 bits per heavy atom. The maximum atomic E-state index is 10.2. The third-order valence-electron chi connectivity index (χ3n) is 3.68. The molecule has 1 saturated carbocycles. The highest BCUT2D eigenvalue weighted by atomic mass is 16.5. The summed E-state index contributed by atoms with van der Waals surface area (Å²) in [6, 6.07) is 7.61. The normalized spacial score (nSPS) is 19.3. The average Bonchev–Trinajstić information content (AvgIpc) is 2.84. The summed E-state index contributed by atoms with van der Waals surface area (Å²) in [6.45, 7) is 0.598. The van der Waals surface area contributed by atoms with Crippen LogP contribution < -0.4 is 10.5 Å². The zero-order valence-electron chi connectivity index (χ0n) is 11.2. The number of aliphatic hydroxyl groups excluding tert-OH is 1. The van der Waals surface area contributed by atoms with Gasteiger partial charge in [0.1, 0.15) is 12.4 Å². The van der Waals surface area contributed by atoms with Gasteiger partial charge in [0.05, 0.1) is 11.7 Å². The van der Waals surface area contributed by atoms with Crippen molar-refractivity contribution in [2.45, 2.75) is 43.8 Å². The van der Waals surface area contributed by atoms with Gasteiger partial charge in [-0.1, -0.05) is 25.0 Å². The molecule has 19 heavy (non-hydrogen) atoms. The Labute approximate surface area is 114 Å². The van der Waals surface area contributed by atoms with Gasteiger partial charge in [0.15, 0.2) is 0 Å². The van der Waals surface area contributed by atoms with Gasteiger partial charge in [-0.2, -0.15) is 0 Å². The lowest BCUT2D eigenvalue weighted by molar-refractivity contribution is 0.00137. The fourth-order valence-electron chi connectivity index (χ4n) is 2.51. The SMILES string of the molecule is NC[C@@H](O)Cc1cccc(OCC2(O)CCCC2)c1. The summed E-state index contributed by atoms with van der Waals surface area (Å²) in [5, 5.41) is 19.8. The van der Waals surface area contributed by atoms with Gasteiger partial charge in [-0.3, -0.25) is 0 Å². The second kappa shape index (κ2) is 6.37. The summed E-state index contributed by atoms with van der Waals surface area (Å²) < 4.78 is 5.69. The second-order valence-corrected chi connectivity index (χ2v) is 5.46. The van der Waals surface area contributed by atoms with Crippen molar-refractivity contribution in [2.24, 2.45) is 5.73 Å². The third kappa shape index (κ3) is 4.20. The van der Waals surface area contributed by atoms with E-state index in [1.807, 2.05) is 24.3 Å². The number of rotatable bonds is 6. The van der Waals surface area contributed by atoms with Gasteiger partial charge >= 0.3 is 0 Å². The number of hydrogen-bond acceptors (Lipinski definition) is 4. The quantitative estimate of drug-likeness (QED) is 0.723. The molecule has 1 atom stereocenters. The molecule has 0 saturated heterocycles. The van der Waals surface area contributed by atoms with E-state index in [9.17, 15) is 10.2 Å². The lowest BCUT2D eigenvalue weighted by atomic mass is 10.0. The van der Waals surface area contributed by atoms with Crippen molar-refractivity contribution in [3.8, 4) is 5.75 Å². The maximum absolute atomic E-state index is 10.2. The van der Waals surface area contributed by atoms with E-state index < -0.39 is 11.7 Å². The molecule has 1 aliphatic carbocycles. The highest BCUT2D eigenvalue weighted by molar-refractivity contribution is 5.29. The first-order valence-corrected chi connectivity index (χ1v) is 6.93. The van der Waals surface area contributed by atoms with E-state index in [1.165, 1.54) is 0 Å². The average molecular weight is 265 g/mol. The summed E-state index contributed by atoms with van der Waals surface area (Å²) >= 11 is 0. The van der Waals surface area contributed by atoms with Crippen LogP contribution in [0, 0.1) is 0 Å². The first kappa shape index (κ1) is 14.3. The molecule has 0 aromatic heterocycles. The van der Waals surface area contributed by atoms with Crippen LogP contribution >= 0.6 is 0 Å². The fourth-order valence-corrected chi connectivity index (χ4v) is 2.51. The predicted octanol–water partition coefficient (Wildman–Crippen LogP) is 1.23. The summed E-state index contributed by atoms with van der Waals surface area (Å²) in [5.74, 6) is 0.738. The van der Waals surface area contributed by atoms with Gasteiger partial charge in [-0.25, -0.2) is 0 Å². The van der Waals surface area contributed by atoms with E-state index in [0.717, 1.165) is 37.0 Å². The zero-order chi connectivity index (χ0) is 13.7. The standard InChI is InChI=1S/C15H23NO3/c16-10-13(17)8-12-4-3-5-14(9-12)19-11-15(18)6-1-2-7-15/h3-5,9,13,17-18H,1-2,6-8,10-11,16H2/t13-/m0/s1. The number of benzene rings is 1. The van der Waals surface area contributed by atoms with Crippen molar-refractivity contribution in [3.63, 3.8) is 0 Å². The zero-order valence-corrected chi connectivity index (χ0v) is 11.2. The molecule has 0 radical (unpaired) electrons. The molecule has 4 N–H and O–H groups in total. The Kier molecular flexibility index (Phi) is 4.80. The molecule has 1 fully saturated rings. The maximum Gasteiger partial charge on any atom is 0.119 e. The lowest BCUT2D eigenvalue weighted by Gasteiger charge is -2.22. The summed E-state index contributed by atoms with van der Waals surface area (Å²) in [7, 11) is 0. The number of aliphatic hydroxyl groups is 2. The van der Waals surface area contributed by atoms with E-state index >= 15 is 0 Å². The molecule has 0 unspecified atom stereocenters. The number of hydrogen-bond donors (Lipinski definition) is 3. The Morgan fingerprint density at radius 2 is 2.05 bits per heavy atom. The van der Waals surface area contributed by atoms with Crippen molar-refractivity contribution < 1.29 is 14.9 Å². The molecule has 0 aliphatic heterocycles. The van der Waals surface area contributed by atoms with Gasteiger partial charge < -0.3 is 20.7 Å². The second-order valence-electron chi connectivity index (χ2n) is 5.46. The smallest absolute Gasteiger partial charge is 0.119 e. The Bertz CT molecular complexity index is 402. The van der Waals surface area contributed by atoms with Crippen molar-refractivity contribution in [3.05, 3.63) is 29.8 Å². The first-order valence-electron chi connectivity index (χ1n) is 6.93. The van der Waals surface area contributed by atoms with E-state index in [2.05, 4.69) is 0 Å². The lowest BCUT2D eigenvalue weighted by Crippen LogP contribution is -2.32. The molecule has 4 heteroatoms. The Hall–Kier alpha value is -1.10. The first-order chi connectivity index (χ1) is 9.11. The molecule has 106 valence electrons. The van der Waals surface area contributed by atoms with Gasteiger partial charge in [0, 0.05) is 6.54 Å². The Morgan fingerprint density at radius 3 is 2.74 bits per heavy atom. The van der Waals surface area contributed by atoms with Gasteiger partial charge in [-0.05, 0) is 37.0 Å². The Balaban J connectivity index is 1.91. The van der Waals surface area contributed by atoms with Crippen LogP contribution in [0.25, 0.3) is 0 Å². The van der Waals surface area contributed by atoms with E-state index in [-0.39, 0.29) is 6.54 Å². The van der Waals surface area contributed by atoms with E-state index in [4.69, 9.17) is 10.5 Å². The topological polar surface area (TPSA) is 75.7 Å². The molecule has 1 aromatic carbocycles. The summed E-state index contributed by atoms with van der Waals surface area (Å²) in [4.78, 5) is 0. The minimum absolute atomic E-state index is 0.255. The van der Waals surface area contributed by atoms with Crippen molar-refractivity contribution in [1.29, 1.82) is 0 Å². The molecule has 1 aliphatic rings. The molecule has 1 aromatic rings. The highest BCUT2D eigenvalue weighted by Gasteiger charge is 2.31. The molecule has 4 nitrogen and oxygen atoms in total. The van der Waals surface area contributed by atoms with Crippen LogP contribution in [0.3, 0.4) is 0 Å². The molecule has 0 spiro atoms. The molecular weight excluding hydrogens is 242 g/mol. The third-order valence-corrected chi connectivity index (χ3v) is 3.68. The van der Waals surface area contributed by atoms with Crippen LogP contribution in [-0.2, 0) is 6.42 Å².